The van der Waals surface area contributed by atoms with Gasteiger partial charge >= 0.3 is 0 Å². The van der Waals surface area contributed by atoms with Crippen LogP contribution < -0.4 is 10.2 Å². The van der Waals surface area contributed by atoms with Crippen molar-refractivity contribution in [1.29, 1.82) is 0 Å². The number of hydrazone groups is 1. The van der Waals surface area contributed by atoms with Crippen molar-refractivity contribution < 1.29 is 4.74 Å². The first-order chi connectivity index (χ1) is 10.9. The van der Waals surface area contributed by atoms with Crippen LogP contribution >= 0.6 is 0 Å². The molecule has 3 nitrogen and oxygen atoms in total. The monoisotopic (exact) mass is 288 g/mol. The van der Waals surface area contributed by atoms with Crippen LogP contribution in [0.1, 0.15) is 5.56 Å². The molecule has 0 radical (unpaired) electrons. The lowest BCUT2D eigenvalue weighted by Crippen LogP contribution is -2.12. The van der Waals surface area contributed by atoms with Gasteiger partial charge in [-0.2, -0.15) is 0 Å². The van der Waals surface area contributed by atoms with Gasteiger partial charge < -0.3 is 4.74 Å². The number of rotatable bonds is 4. The number of nitrogens with one attached hydrogen (secondary N) is 1. The minimum absolute atomic E-state index is 0.524. The summed E-state index contributed by atoms with van der Waals surface area (Å²) in [5, 5.41) is 4.40. The molecule has 0 heterocycles. The predicted octanol–water partition coefficient (Wildman–Crippen LogP) is 4.54. The Bertz CT molecular complexity index is 725. The molecule has 0 bridgehead atoms. The molecular formula is C19H16N2O. The maximum Gasteiger partial charge on any atom is 0.243 e. The molecule has 0 saturated carbocycles. The molecule has 0 aliphatic rings. The summed E-state index contributed by atoms with van der Waals surface area (Å²) in [7, 11) is 0. The lowest BCUT2D eigenvalue weighted by atomic mass is 10.2. The predicted molar refractivity (Wildman–Crippen MR) is 90.1 cm³/mol. The SMILES string of the molecule is c1ccc(NN=C(Oc2ccccc2)c2ccccc2)cc1. The zero-order valence-corrected chi connectivity index (χ0v) is 12.0. The normalized spacial score (nSPS) is 11.0. The lowest BCUT2D eigenvalue weighted by molar-refractivity contribution is 0.551. The van der Waals surface area contributed by atoms with Crippen LogP contribution in [0.2, 0.25) is 0 Å². The van der Waals surface area contributed by atoms with Crippen LogP contribution in [0, 0.1) is 0 Å². The number of para-hydroxylation sites is 2. The van der Waals surface area contributed by atoms with Crippen molar-refractivity contribution in [3.05, 3.63) is 96.6 Å². The average Bonchev–Trinajstić information content (AvgIpc) is 2.61. The summed E-state index contributed by atoms with van der Waals surface area (Å²) >= 11 is 0. The smallest absolute Gasteiger partial charge is 0.243 e. The first-order valence-electron chi connectivity index (χ1n) is 7.09. The zero-order valence-electron chi connectivity index (χ0n) is 12.0. The van der Waals surface area contributed by atoms with Crippen molar-refractivity contribution in [2.75, 3.05) is 5.43 Å². The van der Waals surface area contributed by atoms with Crippen LogP contribution in [0.25, 0.3) is 0 Å². The van der Waals surface area contributed by atoms with Crippen molar-refractivity contribution in [3.8, 4) is 5.75 Å². The minimum Gasteiger partial charge on any atom is -0.437 e. The highest BCUT2D eigenvalue weighted by Crippen LogP contribution is 2.13. The highest BCUT2D eigenvalue weighted by atomic mass is 16.5. The van der Waals surface area contributed by atoms with Crippen molar-refractivity contribution in [2.45, 2.75) is 0 Å². The molecule has 0 aliphatic heterocycles. The summed E-state index contributed by atoms with van der Waals surface area (Å²) in [6, 6.07) is 29.2. The largest absolute Gasteiger partial charge is 0.437 e. The number of ether oxygens (including phenoxy) is 1. The fourth-order valence-corrected chi connectivity index (χ4v) is 1.96. The van der Waals surface area contributed by atoms with E-state index in [-0.39, 0.29) is 0 Å². The Kier molecular flexibility index (Phi) is 4.47. The second kappa shape index (κ2) is 7.09. The van der Waals surface area contributed by atoms with Crippen molar-refractivity contribution >= 4 is 11.6 Å². The third-order valence-electron chi connectivity index (χ3n) is 3.04. The Morgan fingerprint density at radius 3 is 1.86 bits per heavy atom. The molecule has 3 aromatic rings. The summed E-state index contributed by atoms with van der Waals surface area (Å²) in [5.41, 5.74) is 4.85. The van der Waals surface area contributed by atoms with Gasteiger partial charge in [-0.25, -0.2) is 0 Å². The van der Waals surface area contributed by atoms with E-state index in [2.05, 4.69) is 10.5 Å². The molecule has 0 aromatic heterocycles. The van der Waals surface area contributed by atoms with Crippen LogP contribution in [0.5, 0.6) is 5.75 Å². The summed E-state index contributed by atoms with van der Waals surface area (Å²) in [6.07, 6.45) is 0. The van der Waals surface area contributed by atoms with Crippen molar-refractivity contribution in [2.24, 2.45) is 5.10 Å². The van der Waals surface area contributed by atoms with E-state index < -0.39 is 0 Å². The number of nitrogens with zero attached hydrogens (tertiary/aromatic N) is 1. The second-order valence-corrected chi connectivity index (χ2v) is 4.68. The van der Waals surface area contributed by atoms with Crippen LogP contribution in [-0.4, -0.2) is 5.90 Å². The molecule has 108 valence electrons. The molecule has 0 fully saturated rings. The van der Waals surface area contributed by atoms with Gasteiger partial charge in [-0.15, -0.1) is 5.10 Å². The minimum atomic E-state index is 0.524. The molecule has 0 amide bonds. The molecule has 3 heteroatoms. The Hall–Kier alpha value is -3.07. The van der Waals surface area contributed by atoms with E-state index in [0.29, 0.717) is 5.90 Å². The zero-order chi connectivity index (χ0) is 15.0. The van der Waals surface area contributed by atoms with Gasteiger partial charge in [0.15, 0.2) is 0 Å². The lowest BCUT2D eigenvalue weighted by Gasteiger charge is -2.09. The van der Waals surface area contributed by atoms with E-state index in [1.54, 1.807) is 0 Å². The second-order valence-electron chi connectivity index (χ2n) is 4.68. The third kappa shape index (κ3) is 3.73. The van der Waals surface area contributed by atoms with Crippen LogP contribution in [0.3, 0.4) is 0 Å². The van der Waals surface area contributed by atoms with Gasteiger partial charge in [0.25, 0.3) is 0 Å². The van der Waals surface area contributed by atoms with Gasteiger partial charge in [-0.1, -0.05) is 54.6 Å². The van der Waals surface area contributed by atoms with Gasteiger partial charge in [0, 0.05) is 5.56 Å². The van der Waals surface area contributed by atoms with E-state index in [4.69, 9.17) is 4.74 Å². The van der Waals surface area contributed by atoms with Crippen LogP contribution in [0.4, 0.5) is 5.69 Å². The molecule has 1 N–H and O–H groups in total. The number of benzene rings is 3. The molecular weight excluding hydrogens is 272 g/mol. The van der Waals surface area contributed by atoms with E-state index >= 15 is 0 Å². The number of anilines is 1. The Balaban J connectivity index is 1.86. The van der Waals surface area contributed by atoms with Crippen molar-refractivity contribution in [3.63, 3.8) is 0 Å². The van der Waals surface area contributed by atoms with E-state index in [0.717, 1.165) is 17.0 Å². The van der Waals surface area contributed by atoms with E-state index in [1.165, 1.54) is 0 Å². The molecule has 22 heavy (non-hydrogen) atoms. The Labute approximate surface area is 129 Å². The molecule has 0 aliphatic carbocycles. The fraction of sp³-hybridized carbons (Fsp3) is 0. The highest BCUT2D eigenvalue weighted by Gasteiger charge is 2.06. The number of hydrogen-bond acceptors (Lipinski definition) is 3. The van der Waals surface area contributed by atoms with Crippen LogP contribution in [-0.2, 0) is 0 Å². The summed E-state index contributed by atoms with van der Waals surface area (Å²) < 4.78 is 5.91. The van der Waals surface area contributed by atoms with Gasteiger partial charge in [-0.05, 0) is 36.4 Å². The quantitative estimate of drug-likeness (QED) is 0.434. The third-order valence-corrected chi connectivity index (χ3v) is 3.04. The van der Waals surface area contributed by atoms with E-state index in [9.17, 15) is 0 Å². The molecule has 3 aromatic carbocycles. The maximum atomic E-state index is 5.91. The van der Waals surface area contributed by atoms with Crippen molar-refractivity contribution in [1.82, 2.24) is 0 Å². The summed E-state index contributed by atoms with van der Waals surface area (Å²) in [5.74, 6) is 1.27. The molecule has 3 rings (SSSR count). The van der Waals surface area contributed by atoms with Gasteiger partial charge in [0.05, 0.1) is 5.69 Å². The topological polar surface area (TPSA) is 33.6 Å². The maximum absolute atomic E-state index is 5.91. The van der Waals surface area contributed by atoms with E-state index in [1.807, 2.05) is 91.0 Å². The Morgan fingerprint density at radius 1 is 0.682 bits per heavy atom. The highest BCUT2D eigenvalue weighted by molar-refractivity contribution is 5.96. The fourth-order valence-electron chi connectivity index (χ4n) is 1.96. The molecule has 0 saturated heterocycles. The first kappa shape index (κ1) is 13.9. The molecule has 0 atom stereocenters. The Morgan fingerprint density at radius 2 is 1.23 bits per heavy atom. The first-order valence-corrected chi connectivity index (χ1v) is 7.09. The van der Waals surface area contributed by atoms with Gasteiger partial charge in [0.1, 0.15) is 5.75 Å². The summed E-state index contributed by atoms with van der Waals surface area (Å²) in [4.78, 5) is 0. The van der Waals surface area contributed by atoms with Gasteiger partial charge in [-0.3, -0.25) is 5.43 Å². The standard InChI is InChI=1S/C19H16N2O/c1-4-10-16(11-5-1)19(22-18-14-8-3-9-15-18)21-20-17-12-6-2-7-13-17/h1-15,20H. The molecule has 0 unspecified atom stereocenters. The molecule has 0 spiro atoms. The summed E-state index contributed by atoms with van der Waals surface area (Å²) in [6.45, 7) is 0. The van der Waals surface area contributed by atoms with Gasteiger partial charge in [0.2, 0.25) is 5.90 Å². The number of hydrogen-bond donors (Lipinski definition) is 1. The average molecular weight is 288 g/mol. The van der Waals surface area contributed by atoms with Crippen LogP contribution in [0.15, 0.2) is 96.1 Å².